The van der Waals surface area contributed by atoms with Crippen molar-refractivity contribution in [2.24, 2.45) is 0 Å². The summed E-state index contributed by atoms with van der Waals surface area (Å²) in [7, 11) is 3.44. The largest absolute Gasteiger partial charge is 0.484 e. The zero-order chi connectivity index (χ0) is 37.6. The van der Waals surface area contributed by atoms with Crippen molar-refractivity contribution >= 4 is 33.2 Å². The first-order chi connectivity index (χ1) is 25.5. The third-order valence-corrected chi connectivity index (χ3v) is 10.7. The number of rotatable bonds is 10. The van der Waals surface area contributed by atoms with Crippen molar-refractivity contribution in [3.8, 4) is 39.5 Å². The lowest BCUT2D eigenvalue weighted by Crippen LogP contribution is -2.40. The first-order valence-electron chi connectivity index (χ1n) is 17.1. The summed E-state index contributed by atoms with van der Waals surface area (Å²) < 4.78 is 66.3. The number of hydrogen-bond acceptors (Lipinski definition) is 8. The molecule has 4 aromatic heterocycles. The Kier molecular flexibility index (Phi) is 10.0. The number of thiophene rings is 1. The fourth-order valence-electron chi connectivity index (χ4n) is 6.95. The molecule has 2 aliphatic rings. The number of hydrogen-bond donors (Lipinski definition) is 0. The molecule has 276 valence electrons. The van der Waals surface area contributed by atoms with Gasteiger partial charge in [0, 0.05) is 85.4 Å². The molecule has 0 bridgehead atoms. The van der Waals surface area contributed by atoms with Crippen molar-refractivity contribution in [1.29, 1.82) is 0 Å². The van der Waals surface area contributed by atoms with Gasteiger partial charge in [-0.25, -0.2) is 22.5 Å². The first-order valence-corrected chi connectivity index (χ1v) is 18.0. The third kappa shape index (κ3) is 6.79. The summed E-state index contributed by atoms with van der Waals surface area (Å²) in [6.45, 7) is 5.26. The number of amides is 2. The lowest BCUT2D eigenvalue weighted by atomic mass is 9.95. The SMILES string of the molecule is C=CC(=O)N1CCn2nc(-c3nc(-c4cnc5c(c4)CN(CC(=O)N(C)C)CC5)c4ccsc4c3-c3c(F)cc(F)cc3OC(CF)CF)cc2[C@H]1C. The molecule has 1 atom stereocenters. The number of carbonyl (C=O) groups excluding carboxylic acids is 2. The first kappa shape index (κ1) is 36.2. The van der Waals surface area contributed by atoms with Gasteiger partial charge >= 0.3 is 0 Å². The van der Waals surface area contributed by atoms with Gasteiger partial charge in [-0.2, -0.15) is 5.10 Å². The minimum absolute atomic E-state index is 0.00534. The van der Waals surface area contributed by atoms with Crippen LogP contribution < -0.4 is 4.74 Å². The van der Waals surface area contributed by atoms with Crippen molar-refractivity contribution in [2.75, 3.05) is 47.1 Å². The molecule has 7 rings (SSSR count). The minimum Gasteiger partial charge on any atom is -0.484 e. The Labute approximate surface area is 307 Å². The highest BCUT2D eigenvalue weighted by Crippen LogP contribution is 2.47. The molecular weight excluding hydrogens is 711 g/mol. The van der Waals surface area contributed by atoms with E-state index in [4.69, 9.17) is 19.8 Å². The molecule has 0 spiro atoms. The molecule has 0 unspecified atom stereocenters. The summed E-state index contributed by atoms with van der Waals surface area (Å²) in [5.41, 5.74) is 4.31. The fourth-order valence-corrected chi connectivity index (χ4v) is 7.90. The van der Waals surface area contributed by atoms with Crippen LogP contribution in [0.3, 0.4) is 0 Å². The normalized spacial score (nSPS) is 15.8. The second-order valence-electron chi connectivity index (χ2n) is 13.3. The number of pyridine rings is 2. The van der Waals surface area contributed by atoms with E-state index in [2.05, 4.69) is 11.5 Å². The van der Waals surface area contributed by atoms with Crippen LogP contribution >= 0.6 is 11.3 Å². The number of likely N-dealkylation sites (N-methyl/N-ethyl adjacent to an activating group) is 1. The third-order valence-electron chi connectivity index (χ3n) is 9.72. The average molecular weight is 748 g/mol. The van der Waals surface area contributed by atoms with E-state index in [1.165, 1.54) is 17.4 Å². The van der Waals surface area contributed by atoms with Gasteiger partial charge in [0.1, 0.15) is 42.1 Å². The topological polar surface area (TPSA) is 96.7 Å². The van der Waals surface area contributed by atoms with E-state index in [0.29, 0.717) is 71.4 Å². The Balaban J connectivity index is 1.44. The van der Waals surface area contributed by atoms with Crippen LogP contribution in [0.1, 0.15) is 29.9 Å². The van der Waals surface area contributed by atoms with Crippen LogP contribution in [0.5, 0.6) is 5.75 Å². The van der Waals surface area contributed by atoms with Crippen LogP contribution in [0.25, 0.3) is 43.9 Å². The van der Waals surface area contributed by atoms with Gasteiger partial charge in [-0.05, 0) is 42.1 Å². The second kappa shape index (κ2) is 14.7. The molecular formula is C38H37F4N7O3S. The number of ether oxygens (including phenoxy) is 1. The van der Waals surface area contributed by atoms with Crippen molar-refractivity contribution in [1.82, 2.24) is 34.4 Å². The van der Waals surface area contributed by atoms with Gasteiger partial charge in [0.25, 0.3) is 0 Å². The van der Waals surface area contributed by atoms with E-state index >= 15 is 4.39 Å². The predicted octanol–water partition coefficient (Wildman–Crippen LogP) is 6.39. The van der Waals surface area contributed by atoms with Gasteiger partial charge in [-0.3, -0.25) is 24.2 Å². The van der Waals surface area contributed by atoms with Gasteiger partial charge in [0.05, 0.1) is 36.1 Å². The maximum Gasteiger partial charge on any atom is 0.246 e. The smallest absolute Gasteiger partial charge is 0.246 e. The maximum atomic E-state index is 16.2. The van der Waals surface area contributed by atoms with Crippen molar-refractivity contribution < 1.29 is 31.9 Å². The lowest BCUT2D eigenvalue weighted by molar-refractivity contribution is -0.130. The Hall–Kier alpha value is -5.15. The predicted molar refractivity (Wildman–Crippen MR) is 194 cm³/mol. The zero-order valence-corrected chi connectivity index (χ0v) is 30.2. The minimum atomic E-state index is -1.59. The summed E-state index contributed by atoms with van der Waals surface area (Å²) >= 11 is 1.29. The molecule has 53 heavy (non-hydrogen) atoms. The van der Waals surface area contributed by atoms with Gasteiger partial charge in [-0.15, -0.1) is 11.3 Å². The van der Waals surface area contributed by atoms with Crippen LogP contribution in [0, 0.1) is 11.6 Å². The zero-order valence-electron chi connectivity index (χ0n) is 29.4. The van der Waals surface area contributed by atoms with Crippen molar-refractivity contribution in [3.63, 3.8) is 0 Å². The average Bonchev–Trinajstić information content (AvgIpc) is 3.81. The molecule has 6 heterocycles. The van der Waals surface area contributed by atoms with E-state index in [1.54, 1.807) is 40.8 Å². The Morgan fingerprint density at radius 3 is 2.62 bits per heavy atom. The van der Waals surface area contributed by atoms with Crippen LogP contribution in [0.2, 0.25) is 0 Å². The molecule has 10 nitrogen and oxygen atoms in total. The van der Waals surface area contributed by atoms with E-state index in [1.807, 2.05) is 24.4 Å². The molecule has 0 radical (unpaired) electrons. The molecule has 2 amide bonds. The molecule has 0 aliphatic carbocycles. The second-order valence-corrected chi connectivity index (χ2v) is 14.2. The van der Waals surface area contributed by atoms with Gasteiger partial charge in [0.2, 0.25) is 11.8 Å². The maximum absolute atomic E-state index is 16.2. The highest BCUT2D eigenvalue weighted by molar-refractivity contribution is 7.18. The Bertz CT molecular complexity index is 2230. The number of carbonyl (C=O) groups is 2. The van der Waals surface area contributed by atoms with E-state index in [-0.39, 0.29) is 47.0 Å². The molecule has 1 aromatic carbocycles. The molecule has 15 heteroatoms. The van der Waals surface area contributed by atoms with Gasteiger partial charge in [-0.1, -0.05) is 6.58 Å². The van der Waals surface area contributed by atoms with Crippen LogP contribution in [0.15, 0.2) is 54.6 Å². The quantitative estimate of drug-likeness (QED) is 0.121. The number of aromatic nitrogens is 4. The number of fused-ring (bicyclic) bond motifs is 3. The van der Waals surface area contributed by atoms with Crippen molar-refractivity contribution in [3.05, 3.63) is 83.1 Å². The monoisotopic (exact) mass is 747 g/mol. The summed E-state index contributed by atoms with van der Waals surface area (Å²) in [6.07, 6.45) is 2.07. The summed E-state index contributed by atoms with van der Waals surface area (Å²) in [4.78, 5) is 40.4. The molecule has 0 N–H and O–H groups in total. The number of nitrogens with zero attached hydrogens (tertiary/aromatic N) is 7. The summed E-state index contributed by atoms with van der Waals surface area (Å²) in [5, 5.41) is 7.32. The van der Waals surface area contributed by atoms with Gasteiger partial charge in [0.15, 0.2) is 6.10 Å². The highest BCUT2D eigenvalue weighted by atomic mass is 32.1. The number of alkyl halides is 2. The van der Waals surface area contributed by atoms with Crippen LogP contribution in [-0.2, 0) is 29.1 Å². The number of benzene rings is 1. The van der Waals surface area contributed by atoms with E-state index in [0.717, 1.165) is 17.3 Å². The van der Waals surface area contributed by atoms with E-state index < -0.39 is 31.1 Å². The van der Waals surface area contributed by atoms with E-state index in [9.17, 15) is 22.8 Å². The Morgan fingerprint density at radius 2 is 1.89 bits per heavy atom. The molecule has 0 fully saturated rings. The van der Waals surface area contributed by atoms with Gasteiger partial charge < -0.3 is 14.5 Å². The molecule has 2 aliphatic heterocycles. The fraction of sp³-hybridized carbons (Fsp3) is 0.342. The van der Waals surface area contributed by atoms with Crippen molar-refractivity contribution in [2.45, 2.75) is 38.6 Å². The van der Waals surface area contributed by atoms with Crippen LogP contribution in [0.4, 0.5) is 17.6 Å². The standard InChI is InChI=1S/C38H37F4N7O3S/c1-5-32(50)48-9-10-49-30(21(48)2)15-29(45-49)37-35(34-27(42)13-24(41)14-31(34)52-25(16-39)17-40)38-26(7-11-53-38)36(44-37)22-12-23-19-47(20-33(51)46(3)4)8-6-28(23)43-18-22/h5,7,11-15,18,21,25H,1,6,8-10,16-17,19-20H2,2-4H3/t21-/m1/s1. The summed E-state index contributed by atoms with van der Waals surface area (Å²) in [5.74, 6) is -2.61. The highest BCUT2D eigenvalue weighted by Gasteiger charge is 2.32. The number of halogens is 4. The van der Waals surface area contributed by atoms with Crippen LogP contribution in [-0.4, -0.2) is 99.4 Å². The molecule has 5 aromatic rings. The molecule has 0 saturated carbocycles. The Morgan fingerprint density at radius 1 is 1.09 bits per heavy atom. The summed E-state index contributed by atoms with van der Waals surface area (Å²) in [6, 6.07) is 6.83. The lowest BCUT2D eigenvalue weighted by Gasteiger charge is -2.33. The molecule has 0 saturated heterocycles.